The van der Waals surface area contributed by atoms with Gasteiger partial charge in [0.05, 0.1) is 4.91 Å². The van der Waals surface area contributed by atoms with Crippen LogP contribution in [0.5, 0.6) is 0 Å². The number of carbonyl (C=O) groups excluding carboxylic acids is 2. The van der Waals surface area contributed by atoms with Gasteiger partial charge in [-0.05, 0) is 49.1 Å². The van der Waals surface area contributed by atoms with Crippen molar-refractivity contribution in [3.63, 3.8) is 0 Å². The molecule has 162 valence electrons. The number of carbonyl (C=O) groups is 2. The van der Waals surface area contributed by atoms with Gasteiger partial charge in [-0.2, -0.15) is 0 Å². The molecule has 0 unspecified atom stereocenters. The van der Waals surface area contributed by atoms with E-state index in [0.717, 1.165) is 29.9 Å². The van der Waals surface area contributed by atoms with Crippen molar-refractivity contribution in [1.82, 2.24) is 15.2 Å². The Morgan fingerprint density at radius 3 is 2.03 bits per heavy atom. The summed E-state index contributed by atoms with van der Waals surface area (Å²) in [5, 5.41) is 3.70. The monoisotopic (exact) mass is 443 g/mol. The lowest BCUT2D eigenvalue weighted by atomic mass is 10.1. The predicted octanol–water partition coefficient (Wildman–Crippen LogP) is 4.99. The van der Waals surface area contributed by atoms with Crippen LogP contribution >= 0.6 is 11.8 Å². The van der Waals surface area contributed by atoms with Crippen molar-refractivity contribution in [2.24, 2.45) is 0 Å². The van der Waals surface area contributed by atoms with E-state index in [9.17, 15) is 9.59 Å². The quantitative estimate of drug-likeness (QED) is 0.431. The molecule has 0 radical (unpaired) electrons. The van der Waals surface area contributed by atoms with Crippen molar-refractivity contribution in [2.45, 2.75) is 24.3 Å². The van der Waals surface area contributed by atoms with Crippen LogP contribution in [0.25, 0.3) is 4.91 Å². The Hall–Kier alpha value is -3.38. The number of amides is 2. The molecule has 1 aliphatic rings. The molecule has 1 aliphatic heterocycles. The van der Waals surface area contributed by atoms with Crippen LogP contribution in [0.3, 0.4) is 0 Å². The maximum atomic E-state index is 13.7. The molecule has 1 saturated heterocycles. The van der Waals surface area contributed by atoms with Gasteiger partial charge >= 0.3 is 0 Å². The van der Waals surface area contributed by atoms with E-state index in [2.05, 4.69) is 10.3 Å². The lowest BCUT2D eigenvalue weighted by Crippen LogP contribution is -2.41. The fourth-order valence-electron chi connectivity index (χ4n) is 3.59. The largest absolute Gasteiger partial charge is 0.337 e. The van der Waals surface area contributed by atoms with Gasteiger partial charge in [-0.1, -0.05) is 66.4 Å². The van der Waals surface area contributed by atoms with Gasteiger partial charge in [0.1, 0.15) is 10.7 Å². The van der Waals surface area contributed by atoms with E-state index >= 15 is 0 Å². The van der Waals surface area contributed by atoms with Crippen molar-refractivity contribution >= 4 is 28.5 Å². The Balaban J connectivity index is 1.79. The number of hydrogen-bond donors (Lipinski definition) is 1. The summed E-state index contributed by atoms with van der Waals surface area (Å²) in [5.41, 5.74) is 1.66. The molecule has 0 saturated carbocycles. The number of thioether (sulfide) groups is 1. The first-order chi connectivity index (χ1) is 15.7. The molecule has 1 N–H and O–H groups in total. The zero-order valence-corrected chi connectivity index (χ0v) is 18.6. The van der Waals surface area contributed by atoms with Crippen molar-refractivity contribution < 1.29 is 9.59 Å². The highest BCUT2D eigenvalue weighted by Gasteiger charge is 2.26. The molecular formula is C26H25N3O2S. The lowest BCUT2D eigenvalue weighted by molar-refractivity contribution is -0.128. The van der Waals surface area contributed by atoms with Crippen LogP contribution in [0, 0.1) is 0 Å². The van der Waals surface area contributed by atoms with Gasteiger partial charge < -0.3 is 10.2 Å². The van der Waals surface area contributed by atoms with Crippen molar-refractivity contribution in [3.8, 4) is 0 Å². The topological polar surface area (TPSA) is 62.3 Å². The Kier molecular flexibility index (Phi) is 7.35. The molecule has 1 fully saturated rings. The Morgan fingerprint density at radius 1 is 0.781 bits per heavy atom. The molecular weight excluding hydrogens is 418 g/mol. The number of aromatic nitrogens is 1. The third-order valence-electron chi connectivity index (χ3n) is 5.24. The van der Waals surface area contributed by atoms with E-state index in [4.69, 9.17) is 0 Å². The predicted molar refractivity (Wildman–Crippen MR) is 128 cm³/mol. The number of pyridine rings is 1. The van der Waals surface area contributed by atoms with Crippen LogP contribution < -0.4 is 5.32 Å². The Labute approximate surface area is 192 Å². The van der Waals surface area contributed by atoms with E-state index < -0.39 is 0 Å². The molecule has 5 nitrogen and oxygen atoms in total. The molecule has 0 bridgehead atoms. The summed E-state index contributed by atoms with van der Waals surface area (Å²) in [4.78, 5) is 33.7. The summed E-state index contributed by atoms with van der Waals surface area (Å²) < 4.78 is 0. The maximum absolute atomic E-state index is 13.7. The van der Waals surface area contributed by atoms with Crippen molar-refractivity contribution in [1.29, 1.82) is 0 Å². The normalized spacial score (nSPS) is 14.4. The second-order valence-corrected chi connectivity index (χ2v) is 8.54. The number of likely N-dealkylation sites (tertiary alicyclic amines) is 1. The maximum Gasteiger partial charge on any atom is 0.271 e. The first kappa shape index (κ1) is 21.8. The molecule has 0 aliphatic carbocycles. The van der Waals surface area contributed by atoms with E-state index in [1.165, 1.54) is 11.8 Å². The number of piperidine rings is 1. The summed E-state index contributed by atoms with van der Waals surface area (Å²) in [6.07, 6.45) is 4.78. The van der Waals surface area contributed by atoms with Crippen molar-refractivity contribution in [2.75, 3.05) is 13.1 Å². The standard InChI is InChI=1S/C26H25N3O2S/c30-25(21-14-6-2-7-15-21)28-23(26(31)29-18-10-3-11-19-29)24(20-12-4-1-5-13-20)32-22-16-8-9-17-27-22/h1-2,4-9,12-17H,3,10-11,18-19H2,(H,28,30)/b24-23-. The molecule has 0 spiro atoms. The molecule has 32 heavy (non-hydrogen) atoms. The summed E-state index contributed by atoms with van der Waals surface area (Å²) in [6, 6.07) is 24.3. The number of rotatable bonds is 6. The molecule has 1 aromatic heterocycles. The molecule has 2 amide bonds. The van der Waals surface area contributed by atoms with Gasteiger partial charge in [-0.25, -0.2) is 4.98 Å². The zero-order valence-electron chi connectivity index (χ0n) is 17.7. The number of hydrogen-bond acceptors (Lipinski definition) is 4. The average molecular weight is 444 g/mol. The SMILES string of the molecule is O=C(N/C(C(=O)N1CCCCC1)=C(\Sc1ccccn1)c1ccccc1)c1ccccc1. The number of nitrogens with zero attached hydrogens (tertiary/aromatic N) is 2. The van der Waals surface area contributed by atoms with Crippen molar-refractivity contribution in [3.05, 3.63) is 102 Å². The Morgan fingerprint density at radius 2 is 1.41 bits per heavy atom. The highest BCUT2D eigenvalue weighted by Crippen LogP contribution is 2.36. The minimum atomic E-state index is -0.305. The van der Waals surface area contributed by atoms with Crippen LogP contribution in [-0.2, 0) is 4.79 Å². The third kappa shape index (κ3) is 5.45. The molecule has 6 heteroatoms. The third-order valence-corrected chi connectivity index (χ3v) is 6.33. The fourth-order valence-corrected chi connectivity index (χ4v) is 4.56. The minimum Gasteiger partial charge on any atom is -0.337 e. The Bertz CT molecular complexity index is 1080. The van der Waals surface area contributed by atoms with Crippen LogP contribution in [-0.4, -0.2) is 34.8 Å². The highest BCUT2D eigenvalue weighted by atomic mass is 32.2. The fraction of sp³-hybridized carbons (Fsp3) is 0.192. The number of nitrogens with one attached hydrogen (secondary N) is 1. The minimum absolute atomic E-state index is 0.156. The second-order valence-electron chi connectivity index (χ2n) is 7.51. The average Bonchev–Trinajstić information content (AvgIpc) is 2.88. The van der Waals surface area contributed by atoms with Gasteiger partial charge in [-0.15, -0.1) is 0 Å². The molecule has 2 aromatic carbocycles. The smallest absolute Gasteiger partial charge is 0.271 e. The van der Waals surface area contributed by atoms with E-state index in [1.54, 1.807) is 18.3 Å². The summed E-state index contributed by atoms with van der Waals surface area (Å²) in [5.74, 6) is -0.461. The van der Waals surface area contributed by atoms with Crippen LogP contribution in [0.4, 0.5) is 0 Å². The van der Waals surface area contributed by atoms with Gasteiger partial charge in [0.15, 0.2) is 0 Å². The zero-order chi connectivity index (χ0) is 22.2. The molecule has 3 aromatic rings. The van der Waals surface area contributed by atoms with Gasteiger partial charge in [0.2, 0.25) is 0 Å². The van der Waals surface area contributed by atoms with Gasteiger partial charge in [-0.3, -0.25) is 9.59 Å². The summed E-state index contributed by atoms with van der Waals surface area (Å²) in [7, 11) is 0. The summed E-state index contributed by atoms with van der Waals surface area (Å²) in [6.45, 7) is 1.39. The van der Waals surface area contributed by atoms with Gasteiger partial charge in [0, 0.05) is 24.8 Å². The molecule has 2 heterocycles. The van der Waals surface area contributed by atoms with Gasteiger partial charge in [0.25, 0.3) is 11.8 Å². The van der Waals surface area contributed by atoms with Crippen LogP contribution in [0.1, 0.15) is 35.2 Å². The first-order valence-electron chi connectivity index (χ1n) is 10.8. The molecule has 4 rings (SSSR count). The summed E-state index contributed by atoms with van der Waals surface area (Å²) >= 11 is 1.39. The first-order valence-corrected chi connectivity index (χ1v) is 11.6. The van der Waals surface area contributed by atoms with E-state index in [-0.39, 0.29) is 11.8 Å². The van der Waals surface area contributed by atoms with E-state index in [1.807, 2.05) is 71.6 Å². The second kappa shape index (κ2) is 10.8. The van der Waals surface area contributed by atoms with Crippen LogP contribution in [0.2, 0.25) is 0 Å². The van der Waals surface area contributed by atoms with E-state index in [0.29, 0.717) is 29.3 Å². The lowest BCUT2D eigenvalue weighted by Gasteiger charge is -2.28. The number of benzene rings is 2. The molecule has 0 atom stereocenters. The van der Waals surface area contributed by atoms with Crippen LogP contribution in [0.15, 0.2) is 95.8 Å². The highest BCUT2D eigenvalue weighted by molar-refractivity contribution is 8.08.